The molecule has 2 rings (SSSR count). The summed E-state index contributed by atoms with van der Waals surface area (Å²) in [5, 5.41) is 60.6. The van der Waals surface area contributed by atoms with Gasteiger partial charge in [0.15, 0.2) is 12.6 Å². The van der Waals surface area contributed by atoms with Crippen molar-refractivity contribution >= 4 is 7.82 Å². The van der Waals surface area contributed by atoms with Gasteiger partial charge in [0.25, 0.3) is 7.82 Å². The van der Waals surface area contributed by atoms with Crippen molar-refractivity contribution in [2.75, 3.05) is 33.0 Å². The van der Waals surface area contributed by atoms with Gasteiger partial charge in [-0.15, -0.1) is 0 Å². The van der Waals surface area contributed by atoms with Crippen LogP contribution in [0.4, 0.5) is 0 Å². The number of nitrogens with two attached hydrogens (primary N) is 1. The summed E-state index contributed by atoms with van der Waals surface area (Å²) in [6.07, 6.45) is -15.3. The fourth-order valence-electron chi connectivity index (χ4n) is 3.26. The van der Waals surface area contributed by atoms with Crippen molar-refractivity contribution in [2.45, 2.75) is 74.8 Å². The normalized spacial score (nSPS) is 40.4. The molecule has 34 heavy (non-hydrogen) atoms. The van der Waals surface area contributed by atoms with Gasteiger partial charge in [-0.1, -0.05) is 6.92 Å². The van der Waals surface area contributed by atoms with Crippen LogP contribution in [0.1, 0.15) is 13.3 Å². The monoisotopic (exact) mass is 529 g/mol. The van der Waals surface area contributed by atoms with Crippen LogP contribution < -0.4 is 40.2 Å². The summed E-state index contributed by atoms with van der Waals surface area (Å²) in [6, 6.07) is 0. The van der Waals surface area contributed by atoms with Crippen molar-refractivity contribution in [3.05, 3.63) is 0 Å². The summed E-state index contributed by atoms with van der Waals surface area (Å²) in [5.74, 6) is 0. The van der Waals surface area contributed by atoms with Gasteiger partial charge in [-0.05, 0) is 6.42 Å². The van der Waals surface area contributed by atoms with Gasteiger partial charge in [-0.25, -0.2) is 0 Å². The van der Waals surface area contributed by atoms with E-state index in [1.807, 2.05) is 0 Å². The maximum Gasteiger partial charge on any atom is 1.00 e. The SMILES string of the molecule is CCCO[C@H]1O[C@H](CO)[C@@H](O)[C@H](O)[C@@H]1O[C@H]1O[C@H](COP(=O)([O-])OCCN)[C@@H](O)[C@H](O)[C@@H]1O.[Na+]. The Labute approximate surface area is 218 Å². The fourth-order valence-corrected chi connectivity index (χ4v) is 3.99. The number of phosphoric ester groups is 1. The van der Waals surface area contributed by atoms with E-state index in [4.69, 9.17) is 24.7 Å². The Hall–Kier alpha value is 0.670. The summed E-state index contributed by atoms with van der Waals surface area (Å²) in [6.45, 7) is 0.123. The molecule has 2 fully saturated rings. The number of ether oxygens (including phenoxy) is 4. The smallest absolute Gasteiger partial charge is 0.756 e. The van der Waals surface area contributed by atoms with Crippen LogP contribution in [0.25, 0.3) is 0 Å². The van der Waals surface area contributed by atoms with Gasteiger partial charge in [-0.2, -0.15) is 0 Å². The largest absolute Gasteiger partial charge is 1.00 e. The second-order valence-corrected chi connectivity index (χ2v) is 8.97. The Bertz CT molecular complexity index is 637. The van der Waals surface area contributed by atoms with E-state index in [-0.39, 0.29) is 49.3 Å². The maximum atomic E-state index is 11.7. The maximum absolute atomic E-state index is 11.7. The van der Waals surface area contributed by atoms with Gasteiger partial charge >= 0.3 is 29.6 Å². The summed E-state index contributed by atoms with van der Waals surface area (Å²) >= 11 is 0. The first kappa shape index (κ1) is 32.7. The zero-order chi connectivity index (χ0) is 24.8. The van der Waals surface area contributed by atoms with Gasteiger partial charge in [-0.3, -0.25) is 4.57 Å². The minimum absolute atomic E-state index is 0. The van der Waals surface area contributed by atoms with Gasteiger partial charge in [0.1, 0.15) is 48.8 Å². The fraction of sp³-hybridized carbons (Fsp3) is 1.00. The molecule has 0 aliphatic carbocycles. The van der Waals surface area contributed by atoms with Crippen LogP contribution in [0.15, 0.2) is 0 Å². The average Bonchev–Trinajstić information content (AvgIpc) is 2.79. The Balaban J connectivity index is 0.00000578. The number of hydrogen-bond acceptors (Lipinski definition) is 15. The van der Waals surface area contributed by atoms with Crippen molar-refractivity contribution in [1.29, 1.82) is 0 Å². The van der Waals surface area contributed by atoms with Gasteiger partial charge in [0.05, 0.1) is 19.8 Å². The van der Waals surface area contributed by atoms with Crippen molar-refractivity contribution in [3.8, 4) is 0 Å². The number of aliphatic hydroxyl groups excluding tert-OH is 6. The third-order valence-electron chi connectivity index (χ3n) is 5.03. The molecule has 11 atom stereocenters. The summed E-state index contributed by atoms with van der Waals surface area (Å²) in [5.41, 5.74) is 5.16. The molecule has 17 heteroatoms. The van der Waals surface area contributed by atoms with E-state index in [1.165, 1.54) is 0 Å². The molecule has 2 aliphatic heterocycles. The molecule has 0 aromatic heterocycles. The first-order chi connectivity index (χ1) is 15.6. The quantitative estimate of drug-likeness (QED) is 0.0917. The Morgan fingerprint density at radius 2 is 1.53 bits per heavy atom. The van der Waals surface area contributed by atoms with Crippen LogP contribution in [0.3, 0.4) is 0 Å². The third-order valence-corrected chi connectivity index (χ3v) is 6.00. The molecule has 0 spiro atoms. The molecule has 8 N–H and O–H groups in total. The predicted octanol–water partition coefficient (Wildman–Crippen LogP) is -7.49. The molecule has 2 aliphatic rings. The van der Waals surface area contributed by atoms with Crippen LogP contribution in [0.2, 0.25) is 0 Å². The first-order valence-electron chi connectivity index (χ1n) is 10.5. The third kappa shape index (κ3) is 8.62. The van der Waals surface area contributed by atoms with Crippen LogP contribution in [0, 0.1) is 0 Å². The molecule has 0 saturated carbocycles. The average molecular weight is 529 g/mol. The topological polar surface area (TPSA) is 243 Å². The number of phosphoric acid groups is 1. The molecule has 2 heterocycles. The van der Waals surface area contributed by atoms with Crippen molar-refractivity contribution in [3.63, 3.8) is 0 Å². The molecule has 0 radical (unpaired) electrons. The van der Waals surface area contributed by atoms with E-state index < -0.39 is 82.4 Å². The summed E-state index contributed by atoms with van der Waals surface area (Å²) in [4.78, 5) is 11.7. The van der Waals surface area contributed by atoms with E-state index in [2.05, 4.69) is 9.05 Å². The van der Waals surface area contributed by atoms with E-state index in [0.29, 0.717) is 6.42 Å². The van der Waals surface area contributed by atoms with Crippen LogP contribution in [0.5, 0.6) is 0 Å². The van der Waals surface area contributed by atoms with Crippen LogP contribution >= 0.6 is 7.82 Å². The minimum atomic E-state index is -4.79. The van der Waals surface area contributed by atoms with E-state index in [1.54, 1.807) is 6.92 Å². The van der Waals surface area contributed by atoms with Crippen LogP contribution in [-0.4, -0.2) is 125 Å². The second kappa shape index (κ2) is 15.2. The molecule has 0 amide bonds. The number of aliphatic hydroxyl groups is 6. The molecular weight excluding hydrogens is 496 g/mol. The summed E-state index contributed by atoms with van der Waals surface area (Å²) in [7, 11) is -4.79. The molecule has 0 bridgehead atoms. The molecule has 196 valence electrons. The number of hydrogen-bond donors (Lipinski definition) is 7. The molecule has 2 saturated heterocycles. The molecular formula is C17H33NNaO14P. The molecule has 15 nitrogen and oxygen atoms in total. The van der Waals surface area contributed by atoms with Crippen molar-refractivity contribution in [1.82, 2.24) is 0 Å². The van der Waals surface area contributed by atoms with Crippen molar-refractivity contribution in [2.24, 2.45) is 5.73 Å². The Kier molecular flexibility index (Phi) is 14.6. The summed E-state index contributed by atoms with van der Waals surface area (Å²) < 4.78 is 42.6. The Morgan fingerprint density at radius 3 is 2.12 bits per heavy atom. The van der Waals surface area contributed by atoms with E-state index in [0.717, 1.165) is 0 Å². The van der Waals surface area contributed by atoms with E-state index in [9.17, 15) is 40.1 Å². The van der Waals surface area contributed by atoms with Crippen molar-refractivity contribution < 1.29 is 97.6 Å². The van der Waals surface area contributed by atoms with Gasteiger partial charge in [0.2, 0.25) is 0 Å². The molecule has 0 aromatic carbocycles. The first-order valence-corrected chi connectivity index (χ1v) is 11.9. The standard InChI is InChI=1S/C17H34NO14P.Na/c1-2-4-27-17-15(13(23)10(20)8(6-19)30-17)32-16-14(24)12(22)11(21)9(31-16)7-29-33(25,26)28-5-3-18;/h8-17,19-24H,2-7,18H2,1H3,(H,25,26);/q;+1/p-1/t8-,9-,10-,11-,12+,13+,14+,15+,16-,17+;/m1./s1. The van der Waals surface area contributed by atoms with Gasteiger partial charge < -0.3 is 69.3 Å². The number of rotatable bonds is 12. The van der Waals surface area contributed by atoms with Gasteiger partial charge in [0, 0.05) is 13.2 Å². The Morgan fingerprint density at radius 1 is 0.912 bits per heavy atom. The second-order valence-electron chi connectivity index (χ2n) is 7.56. The predicted molar refractivity (Wildman–Crippen MR) is 104 cm³/mol. The van der Waals surface area contributed by atoms with Crippen LogP contribution in [-0.2, 0) is 32.6 Å². The minimum Gasteiger partial charge on any atom is -0.756 e. The zero-order valence-electron chi connectivity index (χ0n) is 19.0. The molecule has 1 unspecified atom stereocenters. The van der Waals surface area contributed by atoms with E-state index >= 15 is 0 Å². The zero-order valence-corrected chi connectivity index (χ0v) is 21.9. The molecule has 0 aromatic rings.